The van der Waals surface area contributed by atoms with Crippen molar-refractivity contribution in [2.24, 2.45) is 0 Å². The summed E-state index contributed by atoms with van der Waals surface area (Å²) in [7, 11) is 0. The Kier molecular flexibility index (Phi) is 3.33. The topological polar surface area (TPSA) is 29.5 Å². The zero-order valence-electron chi connectivity index (χ0n) is 10.1. The van der Waals surface area contributed by atoms with Gasteiger partial charge in [0.2, 0.25) is 0 Å². The van der Waals surface area contributed by atoms with E-state index in [1.807, 2.05) is 0 Å². The van der Waals surface area contributed by atoms with Gasteiger partial charge in [0.05, 0.1) is 0 Å². The van der Waals surface area contributed by atoms with Crippen molar-refractivity contribution in [2.45, 2.75) is 20.5 Å². The third kappa shape index (κ3) is 3.00. The van der Waals surface area contributed by atoms with Gasteiger partial charge < -0.3 is 9.84 Å². The molecule has 0 aliphatic carbocycles. The molecule has 2 rings (SSSR count). The van der Waals surface area contributed by atoms with Gasteiger partial charge in [-0.2, -0.15) is 0 Å². The highest BCUT2D eigenvalue weighted by Gasteiger charge is 1.98. The number of ether oxygens (including phenoxy) is 1. The highest BCUT2D eigenvalue weighted by atomic mass is 16.5. The Morgan fingerprint density at radius 2 is 1.65 bits per heavy atom. The van der Waals surface area contributed by atoms with Gasteiger partial charge in [-0.15, -0.1) is 0 Å². The molecule has 0 unspecified atom stereocenters. The number of hydrogen-bond acceptors (Lipinski definition) is 2. The lowest BCUT2D eigenvalue weighted by Crippen LogP contribution is -1.96. The molecule has 2 aromatic rings. The Balaban J connectivity index is 2.02. The monoisotopic (exact) mass is 228 g/mol. The van der Waals surface area contributed by atoms with Crippen molar-refractivity contribution >= 4 is 0 Å². The molecule has 0 radical (unpaired) electrons. The van der Waals surface area contributed by atoms with Crippen LogP contribution in [0, 0.1) is 13.8 Å². The van der Waals surface area contributed by atoms with Crippen LogP contribution in [0.15, 0.2) is 42.5 Å². The van der Waals surface area contributed by atoms with Gasteiger partial charge >= 0.3 is 0 Å². The molecule has 0 atom stereocenters. The van der Waals surface area contributed by atoms with Gasteiger partial charge in [0.1, 0.15) is 18.1 Å². The van der Waals surface area contributed by atoms with E-state index in [1.165, 1.54) is 11.1 Å². The van der Waals surface area contributed by atoms with Gasteiger partial charge in [-0.05, 0) is 54.8 Å². The lowest BCUT2D eigenvalue weighted by Gasteiger charge is -2.08. The molecule has 0 bridgehead atoms. The highest BCUT2D eigenvalue weighted by molar-refractivity contribution is 5.32. The van der Waals surface area contributed by atoms with Crippen molar-refractivity contribution in [1.82, 2.24) is 0 Å². The molecule has 0 fully saturated rings. The van der Waals surface area contributed by atoms with Crippen LogP contribution in [0.2, 0.25) is 0 Å². The third-order valence-electron chi connectivity index (χ3n) is 2.81. The molecule has 17 heavy (non-hydrogen) atoms. The number of aryl methyl sites for hydroxylation is 2. The zero-order valence-corrected chi connectivity index (χ0v) is 10.1. The minimum Gasteiger partial charge on any atom is -0.508 e. The van der Waals surface area contributed by atoms with E-state index >= 15 is 0 Å². The summed E-state index contributed by atoms with van der Waals surface area (Å²) in [5, 5.41) is 9.15. The fourth-order valence-corrected chi connectivity index (χ4v) is 1.60. The SMILES string of the molecule is Cc1ccc(COc2ccc(O)cc2)cc1C. The van der Waals surface area contributed by atoms with Crippen LogP contribution in [0.3, 0.4) is 0 Å². The lowest BCUT2D eigenvalue weighted by atomic mass is 10.1. The normalized spacial score (nSPS) is 10.2. The van der Waals surface area contributed by atoms with Crippen LogP contribution < -0.4 is 4.74 Å². The van der Waals surface area contributed by atoms with E-state index in [0.717, 1.165) is 11.3 Å². The van der Waals surface area contributed by atoms with Gasteiger partial charge in [0, 0.05) is 0 Å². The molecular formula is C15H16O2. The lowest BCUT2D eigenvalue weighted by molar-refractivity contribution is 0.305. The first-order valence-electron chi connectivity index (χ1n) is 5.63. The maximum Gasteiger partial charge on any atom is 0.120 e. The summed E-state index contributed by atoms with van der Waals surface area (Å²) in [6, 6.07) is 13.1. The molecule has 88 valence electrons. The Morgan fingerprint density at radius 3 is 2.29 bits per heavy atom. The van der Waals surface area contributed by atoms with Crippen molar-refractivity contribution in [3.05, 3.63) is 59.2 Å². The van der Waals surface area contributed by atoms with Gasteiger partial charge in [0.15, 0.2) is 0 Å². The van der Waals surface area contributed by atoms with E-state index in [9.17, 15) is 0 Å². The van der Waals surface area contributed by atoms with Gasteiger partial charge in [-0.25, -0.2) is 0 Å². The summed E-state index contributed by atoms with van der Waals surface area (Å²) in [4.78, 5) is 0. The van der Waals surface area contributed by atoms with E-state index in [1.54, 1.807) is 24.3 Å². The summed E-state index contributed by atoms with van der Waals surface area (Å²) in [5.74, 6) is 1.02. The minimum absolute atomic E-state index is 0.253. The maximum atomic E-state index is 9.15. The van der Waals surface area contributed by atoms with Gasteiger partial charge in [-0.1, -0.05) is 18.2 Å². The first kappa shape index (κ1) is 11.5. The molecule has 0 saturated heterocycles. The smallest absolute Gasteiger partial charge is 0.120 e. The summed E-state index contributed by atoms with van der Waals surface area (Å²) >= 11 is 0. The van der Waals surface area contributed by atoms with Crippen LogP contribution in [0.4, 0.5) is 0 Å². The fraction of sp³-hybridized carbons (Fsp3) is 0.200. The summed E-state index contributed by atoms with van der Waals surface area (Å²) in [6.45, 7) is 4.74. The third-order valence-corrected chi connectivity index (χ3v) is 2.81. The highest BCUT2D eigenvalue weighted by Crippen LogP contribution is 2.18. The quantitative estimate of drug-likeness (QED) is 0.870. The van der Waals surface area contributed by atoms with Gasteiger partial charge in [-0.3, -0.25) is 0 Å². The first-order chi connectivity index (χ1) is 8.15. The molecule has 0 aromatic heterocycles. The summed E-state index contributed by atoms with van der Waals surface area (Å²) in [5.41, 5.74) is 3.72. The standard InChI is InChI=1S/C15H16O2/c1-11-3-4-13(9-12(11)2)10-17-15-7-5-14(16)6-8-15/h3-9,16H,10H2,1-2H3. The van der Waals surface area contributed by atoms with Crippen molar-refractivity contribution in [3.8, 4) is 11.5 Å². The summed E-state index contributed by atoms with van der Waals surface area (Å²) in [6.07, 6.45) is 0. The minimum atomic E-state index is 0.253. The van der Waals surface area contributed by atoms with Crippen LogP contribution in [-0.4, -0.2) is 5.11 Å². The van der Waals surface area contributed by atoms with Crippen molar-refractivity contribution < 1.29 is 9.84 Å². The second kappa shape index (κ2) is 4.91. The molecular weight excluding hydrogens is 212 g/mol. The number of hydrogen-bond donors (Lipinski definition) is 1. The Hall–Kier alpha value is -1.96. The van der Waals surface area contributed by atoms with Crippen molar-refractivity contribution in [2.75, 3.05) is 0 Å². The number of phenolic OH excluding ortho intramolecular Hbond substituents is 1. The van der Waals surface area contributed by atoms with E-state index in [2.05, 4.69) is 32.0 Å². The van der Waals surface area contributed by atoms with Crippen LogP contribution in [0.25, 0.3) is 0 Å². The van der Waals surface area contributed by atoms with E-state index in [4.69, 9.17) is 9.84 Å². The molecule has 0 aliphatic heterocycles. The summed E-state index contributed by atoms with van der Waals surface area (Å²) < 4.78 is 5.63. The van der Waals surface area contributed by atoms with E-state index in [0.29, 0.717) is 6.61 Å². The van der Waals surface area contributed by atoms with Crippen LogP contribution in [0.5, 0.6) is 11.5 Å². The Morgan fingerprint density at radius 1 is 0.941 bits per heavy atom. The number of benzene rings is 2. The Labute approximate surface area is 101 Å². The van der Waals surface area contributed by atoms with Gasteiger partial charge in [0.25, 0.3) is 0 Å². The number of rotatable bonds is 3. The molecule has 0 spiro atoms. The van der Waals surface area contributed by atoms with Crippen LogP contribution in [-0.2, 0) is 6.61 Å². The largest absolute Gasteiger partial charge is 0.508 e. The molecule has 2 heteroatoms. The second-order valence-corrected chi connectivity index (χ2v) is 4.20. The Bertz CT molecular complexity index is 501. The molecule has 0 aliphatic rings. The van der Waals surface area contributed by atoms with E-state index in [-0.39, 0.29) is 5.75 Å². The molecule has 1 N–H and O–H groups in total. The first-order valence-corrected chi connectivity index (χ1v) is 5.63. The second-order valence-electron chi connectivity index (χ2n) is 4.20. The van der Waals surface area contributed by atoms with Crippen molar-refractivity contribution in [1.29, 1.82) is 0 Å². The average Bonchev–Trinajstić information content (AvgIpc) is 2.33. The zero-order chi connectivity index (χ0) is 12.3. The number of phenols is 1. The molecule has 0 saturated carbocycles. The van der Waals surface area contributed by atoms with Crippen LogP contribution >= 0.6 is 0 Å². The number of aromatic hydroxyl groups is 1. The molecule has 2 aromatic carbocycles. The van der Waals surface area contributed by atoms with Crippen molar-refractivity contribution in [3.63, 3.8) is 0 Å². The average molecular weight is 228 g/mol. The molecule has 2 nitrogen and oxygen atoms in total. The van der Waals surface area contributed by atoms with E-state index < -0.39 is 0 Å². The van der Waals surface area contributed by atoms with Crippen LogP contribution in [0.1, 0.15) is 16.7 Å². The predicted molar refractivity (Wildman–Crippen MR) is 68.4 cm³/mol. The maximum absolute atomic E-state index is 9.15. The predicted octanol–water partition coefficient (Wildman–Crippen LogP) is 3.59. The molecule has 0 amide bonds. The fourth-order valence-electron chi connectivity index (χ4n) is 1.60. The molecule has 0 heterocycles.